The number of hydrogen-bond donors (Lipinski definition) is 3. The van der Waals surface area contributed by atoms with E-state index in [1.54, 1.807) is 0 Å². The van der Waals surface area contributed by atoms with Crippen LogP contribution in [-0.2, 0) is 4.74 Å². The van der Waals surface area contributed by atoms with Gasteiger partial charge in [0.2, 0.25) is 0 Å². The fourth-order valence-electron chi connectivity index (χ4n) is 1.10. The van der Waals surface area contributed by atoms with Gasteiger partial charge in [0.25, 0.3) is 0 Å². The largest absolute Gasteiger partial charge is 0.396 e. The fraction of sp³-hybridized carbons (Fsp3) is 1.00. The van der Waals surface area contributed by atoms with Crippen molar-refractivity contribution in [2.24, 2.45) is 0 Å². The first kappa shape index (κ1) is 8.93. The third-order valence-electron chi connectivity index (χ3n) is 1.79. The third-order valence-corrected chi connectivity index (χ3v) is 1.79. The summed E-state index contributed by atoms with van der Waals surface area (Å²) in [4.78, 5) is 0. The van der Waals surface area contributed by atoms with Crippen molar-refractivity contribution in [3.05, 3.63) is 0 Å². The van der Waals surface area contributed by atoms with Crippen molar-refractivity contribution in [2.75, 3.05) is 26.4 Å². The Hall–Kier alpha value is -0.160. The molecule has 66 valence electrons. The van der Waals surface area contributed by atoms with E-state index in [9.17, 15) is 5.11 Å². The molecule has 0 radical (unpaired) electrons. The molecule has 2 atom stereocenters. The first-order valence-electron chi connectivity index (χ1n) is 3.94. The number of hydrogen-bond acceptors (Lipinski definition) is 4. The van der Waals surface area contributed by atoms with Gasteiger partial charge in [0, 0.05) is 6.61 Å². The van der Waals surface area contributed by atoms with Crippen LogP contribution in [0.3, 0.4) is 0 Å². The summed E-state index contributed by atoms with van der Waals surface area (Å²) in [5.74, 6) is 0. The van der Waals surface area contributed by atoms with Crippen molar-refractivity contribution < 1.29 is 14.9 Å². The standard InChI is InChI=1S/C7H15NO3/c9-3-1-2-8-6-4-11-5-7(6)10/h6-10H,1-5H2. The summed E-state index contributed by atoms with van der Waals surface area (Å²) in [6.45, 7) is 1.93. The topological polar surface area (TPSA) is 61.7 Å². The van der Waals surface area contributed by atoms with Crippen LogP contribution in [0, 0.1) is 0 Å². The van der Waals surface area contributed by atoms with E-state index in [0.717, 1.165) is 13.0 Å². The van der Waals surface area contributed by atoms with Gasteiger partial charge in [-0.15, -0.1) is 0 Å². The highest BCUT2D eigenvalue weighted by molar-refractivity contribution is 4.80. The van der Waals surface area contributed by atoms with Crippen molar-refractivity contribution in [3.8, 4) is 0 Å². The lowest BCUT2D eigenvalue weighted by Gasteiger charge is -2.13. The maximum absolute atomic E-state index is 9.24. The number of nitrogens with one attached hydrogen (secondary N) is 1. The molecule has 0 aromatic carbocycles. The van der Waals surface area contributed by atoms with E-state index in [1.165, 1.54) is 0 Å². The molecule has 1 fully saturated rings. The summed E-state index contributed by atoms with van der Waals surface area (Å²) in [5, 5.41) is 20.8. The van der Waals surface area contributed by atoms with Crippen LogP contribution in [0.25, 0.3) is 0 Å². The molecule has 0 aromatic heterocycles. The Morgan fingerprint density at radius 3 is 2.82 bits per heavy atom. The van der Waals surface area contributed by atoms with Crippen LogP contribution in [0.5, 0.6) is 0 Å². The predicted molar refractivity (Wildman–Crippen MR) is 40.3 cm³/mol. The van der Waals surface area contributed by atoms with Gasteiger partial charge in [-0.2, -0.15) is 0 Å². The Balaban J connectivity index is 2.05. The molecule has 0 spiro atoms. The minimum Gasteiger partial charge on any atom is -0.396 e. The van der Waals surface area contributed by atoms with Crippen LogP contribution in [0.2, 0.25) is 0 Å². The molecule has 0 aliphatic carbocycles. The van der Waals surface area contributed by atoms with Gasteiger partial charge < -0.3 is 20.3 Å². The predicted octanol–water partition coefficient (Wildman–Crippen LogP) is -1.28. The van der Waals surface area contributed by atoms with Gasteiger partial charge in [0.1, 0.15) is 0 Å². The lowest BCUT2D eigenvalue weighted by Crippen LogP contribution is -2.39. The first-order valence-corrected chi connectivity index (χ1v) is 3.94. The molecule has 2 unspecified atom stereocenters. The second-order valence-electron chi connectivity index (χ2n) is 2.74. The van der Waals surface area contributed by atoms with Gasteiger partial charge >= 0.3 is 0 Å². The summed E-state index contributed by atoms with van der Waals surface area (Å²) in [6, 6.07) is 0.0570. The molecule has 1 saturated heterocycles. The van der Waals surface area contributed by atoms with Gasteiger partial charge in [-0.25, -0.2) is 0 Å². The summed E-state index contributed by atoms with van der Waals surface area (Å²) >= 11 is 0. The van der Waals surface area contributed by atoms with Crippen LogP contribution in [0.15, 0.2) is 0 Å². The molecule has 0 bridgehead atoms. The lowest BCUT2D eigenvalue weighted by atomic mass is 10.2. The molecule has 1 aliphatic rings. The van der Waals surface area contributed by atoms with Gasteiger partial charge in [-0.1, -0.05) is 0 Å². The highest BCUT2D eigenvalue weighted by atomic mass is 16.5. The van der Waals surface area contributed by atoms with E-state index in [1.807, 2.05) is 0 Å². The molecule has 1 rings (SSSR count). The molecule has 4 nitrogen and oxygen atoms in total. The number of aliphatic hydroxyl groups excluding tert-OH is 2. The number of ether oxygens (including phenoxy) is 1. The third kappa shape index (κ3) is 2.75. The van der Waals surface area contributed by atoms with Crippen LogP contribution in [0.4, 0.5) is 0 Å². The Labute approximate surface area is 66.2 Å². The lowest BCUT2D eigenvalue weighted by molar-refractivity contribution is 0.122. The molecular weight excluding hydrogens is 146 g/mol. The number of aliphatic hydroxyl groups is 2. The van der Waals surface area contributed by atoms with Crippen LogP contribution in [0.1, 0.15) is 6.42 Å². The van der Waals surface area contributed by atoms with E-state index in [0.29, 0.717) is 13.2 Å². The van der Waals surface area contributed by atoms with Gasteiger partial charge in [-0.05, 0) is 13.0 Å². The normalized spacial score (nSPS) is 31.1. The minimum absolute atomic E-state index is 0.0570. The van der Waals surface area contributed by atoms with Crippen molar-refractivity contribution in [1.29, 1.82) is 0 Å². The maximum atomic E-state index is 9.24. The molecule has 0 aromatic rings. The molecule has 0 saturated carbocycles. The second kappa shape index (κ2) is 4.66. The molecule has 1 aliphatic heterocycles. The summed E-state index contributed by atoms with van der Waals surface area (Å²) < 4.78 is 5.03. The zero-order valence-corrected chi connectivity index (χ0v) is 6.49. The molecule has 1 heterocycles. The second-order valence-corrected chi connectivity index (χ2v) is 2.74. The average Bonchev–Trinajstić information content (AvgIpc) is 2.37. The summed E-state index contributed by atoms with van der Waals surface area (Å²) in [6.07, 6.45) is 0.345. The van der Waals surface area contributed by atoms with Crippen molar-refractivity contribution in [3.63, 3.8) is 0 Å². The molecule has 4 heteroatoms. The monoisotopic (exact) mass is 161 g/mol. The molecular formula is C7H15NO3. The molecule has 3 N–H and O–H groups in total. The van der Waals surface area contributed by atoms with Gasteiger partial charge in [0.15, 0.2) is 0 Å². The highest BCUT2D eigenvalue weighted by Gasteiger charge is 2.24. The SMILES string of the molecule is OCCCNC1COCC1O. The number of rotatable bonds is 4. The zero-order chi connectivity index (χ0) is 8.10. The van der Waals surface area contributed by atoms with Gasteiger partial charge in [-0.3, -0.25) is 0 Å². The van der Waals surface area contributed by atoms with Crippen molar-refractivity contribution in [2.45, 2.75) is 18.6 Å². The Morgan fingerprint density at radius 2 is 2.27 bits per heavy atom. The summed E-state index contributed by atoms with van der Waals surface area (Å²) in [7, 11) is 0. The Bertz CT molecular complexity index is 110. The first-order chi connectivity index (χ1) is 5.34. The Kier molecular flexibility index (Phi) is 3.79. The molecule has 11 heavy (non-hydrogen) atoms. The Morgan fingerprint density at radius 1 is 1.45 bits per heavy atom. The maximum Gasteiger partial charge on any atom is 0.0948 e. The van der Waals surface area contributed by atoms with E-state index in [-0.39, 0.29) is 18.8 Å². The van der Waals surface area contributed by atoms with E-state index in [4.69, 9.17) is 9.84 Å². The van der Waals surface area contributed by atoms with Crippen molar-refractivity contribution in [1.82, 2.24) is 5.32 Å². The quantitative estimate of drug-likeness (QED) is 0.449. The average molecular weight is 161 g/mol. The van der Waals surface area contributed by atoms with Crippen LogP contribution in [-0.4, -0.2) is 48.7 Å². The fourth-order valence-corrected chi connectivity index (χ4v) is 1.10. The van der Waals surface area contributed by atoms with Crippen molar-refractivity contribution >= 4 is 0 Å². The van der Waals surface area contributed by atoms with E-state index < -0.39 is 0 Å². The van der Waals surface area contributed by atoms with Crippen LogP contribution >= 0.6 is 0 Å². The summed E-state index contributed by atoms with van der Waals surface area (Å²) in [5.41, 5.74) is 0. The zero-order valence-electron chi connectivity index (χ0n) is 6.49. The smallest absolute Gasteiger partial charge is 0.0948 e. The minimum atomic E-state index is -0.381. The van der Waals surface area contributed by atoms with Gasteiger partial charge in [0.05, 0.1) is 25.4 Å². The van der Waals surface area contributed by atoms with Crippen LogP contribution < -0.4 is 5.32 Å². The van der Waals surface area contributed by atoms with E-state index in [2.05, 4.69) is 5.32 Å². The molecule has 0 amide bonds. The van der Waals surface area contributed by atoms with E-state index >= 15 is 0 Å². The highest BCUT2D eigenvalue weighted by Crippen LogP contribution is 2.04.